The zero-order valence-corrected chi connectivity index (χ0v) is 14.8. The summed E-state index contributed by atoms with van der Waals surface area (Å²) in [5.74, 6) is 2.12. The highest BCUT2D eigenvalue weighted by Crippen LogP contribution is 2.27. The van der Waals surface area contributed by atoms with Crippen molar-refractivity contribution in [2.75, 3.05) is 25.5 Å². The van der Waals surface area contributed by atoms with Crippen molar-refractivity contribution >= 4 is 11.7 Å². The molecule has 0 spiro atoms. The first kappa shape index (κ1) is 16.3. The number of aromatic nitrogens is 2. The summed E-state index contributed by atoms with van der Waals surface area (Å²) < 4.78 is 5.92. The average molecular weight is 348 g/mol. The van der Waals surface area contributed by atoms with Gasteiger partial charge < -0.3 is 14.2 Å². The van der Waals surface area contributed by atoms with Crippen LogP contribution in [0.15, 0.2) is 53.1 Å². The van der Waals surface area contributed by atoms with Crippen LogP contribution in [0.1, 0.15) is 21.8 Å². The fraction of sp³-hybridized carbons (Fsp3) is 0.250. The van der Waals surface area contributed by atoms with Gasteiger partial charge in [0.1, 0.15) is 17.3 Å². The monoisotopic (exact) mass is 348 g/mol. The fourth-order valence-electron chi connectivity index (χ4n) is 3.17. The van der Waals surface area contributed by atoms with Gasteiger partial charge in [0.05, 0.1) is 12.1 Å². The smallest absolute Gasteiger partial charge is 0.257 e. The summed E-state index contributed by atoms with van der Waals surface area (Å²) in [7, 11) is 3.77. The van der Waals surface area contributed by atoms with Gasteiger partial charge in [-0.2, -0.15) is 0 Å². The molecule has 1 aliphatic heterocycles. The average Bonchev–Trinajstić information content (AvgIpc) is 3.11. The molecule has 0 radical (unpaired) electrons. The molecule has 2 aromatic heterocycles. The third-order valence-electron chi connectivity index (χ3n) is 4.48. The van der Waals surface area contributed by atoms with E-state index in [0.29, 0.717) is 36.8 Å². The zero-order valence-electron chi connectivity index (χ0n) is 14.8. The van der Waals surface area contributed by atoms with E-state index in [9.17, 15) is 4.79 Å². The minimum atomic E-state index is -0.0308. The van der Waals surface area contributed by atoms with Crippen LogP contribution in [0.25, 0.3) is 11.5 Å². The van der Waals surface area contributed by atoms with Crippen LogP contribution in [0.5, 0.6) is 0 Å². The first-order valence-electron chi connectivity index (χ1n) is 8.59. The van der Waals surface area contributed by atoms with E-state index in [4.69, 9.17) is 4.42 Å². The molecule has 4 rings (SSSR count). The number of anilines is 1. The number of hydrogen-bond acceptors (Lipinski definition) is 5. The van der Waals surface area contributed by atoms with E-state index in [2.05, 4.69) is 9.97 Å². The van der Waals surface area contributed by atoms with Crippen LogP contribution in [0, 0.1) is 0 Å². The number of pyridine rings is 1. The van der Waals surface area contributed by atoms with Gasteiger partial charge in [0.2, 0.25) is 5.89 Å². The Balaban J connectivity index is 1.59. The minimum Gasteiger partial charge on any atom is -0.441 e. The van der Waals surface area contributed by atoms with Crippen LogP contribution < -0.4 is 4.90 Å². The molecule has 0 atom stereocenters. The predicted octanol–water partition coefficient (Wildman–Crippen LogP) is 3.00. The quantitative estimate of drug-likeness (QED) is 0.728. The number of nitrogens with zero attached hydrogens (tertiary/aromatic N) is 4. The third kappa shape index (κ3) is 2.94. The molecule has 0 unspecified atom stereocenters. The third-order valence-corrected chi connectivity index (χ3v) is 4.48. The lowest BCUT2D eigenvalue weighted by atomic mass is 10.1. The maximum Gasteiger partial charge on any atom is 0.257 e. The van der Waals surface area contributed by atoms with E-state index >= 15 is 0 Å². The minimum absolute atomic E-state index is 0.0308. The van der Waals surface area contributed by atoms with Gasteiger partial charge in [0, 0.05) is 38.8 Å². The number of benzene rings is 1. The Morgan fingerprint density at radius 3 is 2.73 bits per heavy atom. The number of hydrogen-bond donors (Lipinski definition) is 0. The number of fused-ring (bicyclic) bond motifs is 1. The molecule has 1 aromatic carbocycles. The van der Waals surface area contributed by atoms with Gasteiger partial charge in [-0.1, -0.05) is 18.2 Å². The Labute approximate surface area is 152 Å². The van der Waals surface area contributed by atoms with Crippen molar-refractivity contribution in [1.82, 2.24) is 14.9 Å². The van der Waals surface area contributed by atoms with Crippen LogP contribution in [0.2, 0.25) is 0 Å². The van der Waals surface area contributed by atoms with E-state index in [0.717, 1.165) is 17.0 Å². The highest BCUT2D eigenvalue weighted by molar-refractivity contribution is 5.98. The van der Waals surface area contributed by atoms with Crippen LogP contribution in [-0.4, -0.2) is 41.4 Å². The zero-order chi connectivity index (χ0) is 18.1. The summed E-state index contributed by atoms with van der Waals surface area (Å²) in [5.41, 5.74) is 2.38. The van der Waals surface area contributed by atoms with Gasteiger partial charge in [-0.05, 0) is 24.3 Å². The molecule has 0 aliphatic carbocycles. The SMILES string of the molecule is CN(C)c1ncccc1C(=O)N1CCc2oc(-c3ccccc3)nc2C1. The molecular formula is C20H20N4O2. The second-order valence-electron chi connectivity index (χ2n) is 6.50. The van der Waals surface area contributed by atoms with Crippen molar-refractivity contribution in [3.63, 3.8) is 0 Å². The maximum absolute atomic E-state index is 13.0. The maximum atomic E-state index is 13.0. The lowest BCUT2D eigenvalue weighted by Gasteiger charge is -2.26. The molecule has 0 N–H and O–H groups in total. The van der Waals surface area contributed by atoms with Crippen molar-refractivity contribution in [2.24, 2.45) is 0 Å². The molecule has 26 heavy (non-hydrogen) atoms. The van der Waals surface area contributed by atoms with Gasteiger partial charge in [0.25, 0.3) is 5.91 Å². The fourth-order valence-corrected chi connectivity index (χ4v) is 3.17. The lowest BCUT2D eigenvalue weighted by Crippen LogP contribution is -2.36. The van der Waals surface area contributed by atoms with Crippen molar-refractivity contribution in [1.29, 1.82) is 0 Å². The van der Waals surface area contributed by atoms with Gasteiger partial charge in [-0.3, -0.25) is 4.79 Å². The topological polar surface area (TPSA) is 62.5 Å². The molecular weight excluding hydrogens is 328 g/mol. The first-order valence-corrected chi connectivity index (χ1v) is 8.59. The number of amides is 1. The lowest BCUT2D eigenvalue weighted by molar-refractivity contribution is 0.0728. The van der Waals surface area contributed by atoms with Gasteiger partial charge in [-0.25, -0.2) is 9.97 Å². The molecule has 3 aromatic rings. The number of carbonyl (C=O) groups is 1. The van der Waals surface area contributed by atoms with E-state index in [1.807, 2.05) is 60.3 Å². The first-order chi connectivity index (χ1) is 12.6. The Morgan fingerprint density at radius 2 is 1.96 bits per heavy atom. The van der Waals surface area contributed by atoms with E-state index < -0.39 is 0 Å². The van der Waals surface area contributed by atoms with Crippen LogP contribution in [0.4, 0.5) is 5.82 Å². The van der Waals surface area contributed by atoms with Gasteiger partial charge in [-0.15, -0.1) is 0 Å². The molecule has 6 heteroatoms. The molecule has 1 aliphatic rings. The Bertz CT molecular complexity index is 934. The summed E-state index contributed by atoms with van der Waals surface area (Å²) in [5, 5.41) is 0. The summed E-state index contributed by atoms with van der Waals surface area (Å²) in [6, 6.07) is 13.4. The van der Waals surface area contributed by atoms with Crippen LogP contribution >= 0.6 is 0 Å². The number of oxazole rings is 1. The van der Waals surface area contributed by atoms with Crippen molar-refractivity contribution in [2.45, 2.75) is 13.0 Å². The molecule has 132 valence electrons. The molecule has 0 fully saturated rings. The van der Waals surface area contributed by atoms with Crippen LogP contribution in [-0.2, 0) is 13.0 Å². The van der Waals surface area contributed by atoms with E-state index in [1.165, 1.54) is 0 Å². The highest BCUT2D eigenvalue weighted by Gasteiger charge is 2.28. The van der Waals surface area contributed by atoms with Crippen molar-refractivity contribution in [3.05, 3.63) is 65.7 Å². The molecule has 0 saturated heterocycles. The van der Waals surface area contributed by atoms with E-state index in [-0.39, 0.29) is 5.91 Å². The van der Waals surface area contributed by atoms with Crippen molar-refractivity contribution in [3.8, 4) is 11.5 Å². The predicted molar refractivity (Wildman–Crippen MR) is 98.9 cm³/mol. The molecule has 0 bridgehead atoms. The molecule has 1 amide bonds. The molecule has 0 saturated carbocycles. The second kappa shape index (κ2) is 6.63. The standard InChI is InChI=1S/C20H20N4O2/c1-23(2)18-15(9-6-11-21-18)20(25)24-12-10-17-16(13-24)22-19(26-17)14-7-4-3-5-8-14/h3-9,11H,10,12-13H2,1-2H3. The summed E-state index contributed by atoms with van der Waals surface area (Å²) in [6.07, 6.45) is 2.36. The van der Waals surface area contributed by atoms with Gasteiger partial charge in [0.15, 0.2) is 0 Å². The Kier molecular flexibility index (Phi) is 4.16. The molecule has 6 nitrogen and oxygen atoms in total. The number of rotatable bonds is 3. The van der Waals surface area contributed by atoms with Gasteiger partial charge >= 0.3 is 0 Å². The summed E-state index contributed by atoms with van der Waals surface area (Å²) in [6.45, 7) is 1.06. The summed E-state index contributed by atoms with van der Waals surface area (Å²) >= 11 is 0. The second-order valence-corrected chi connectivity index (χ2v) is 6.50. The Hall–Kier alpha value is -3.15. The van der Waals surface area contributed by atoms with E-state index in [1.54, 1.807) is 12.3 Å². The Morgan fingerprint density at radius 1 is 1.15 bits per heavy atom. The highest BCUT2D eigenvalue weighted by atomic mass is 16.4. The molecule has 3 heterocycles. The summed E-state index contributed by atoms with van der Waals surface area (Å²) in [4.78, 5) is 25.6. The number of carbonyl (C=O) groups excluding carboxylic acids is 1. The normalized spacial score (nSPS) is 13.4. The van der Waals surface area contributed by atoms with Crippen LogP contribution in [0.3, 0.4) is 0 Å². The van der Waals surface area contributed by atoms with Crippen molar-refractivity contribution < 1.29 is 9.21 Å². The largest absolute Gasteiger partial charge is 0.441 e.